The minimum Gasteiger partial charge on any atom is -0.471 e. The molecule has 20 heteroatoms. The Morgan fingerprint density at radius 1 is 0.776 bits per heavy atom. The molecule has 7 heterocycles. The van der Waals surface area contributed by atoms with Crippen LogP contribution in [0.3, 0.4) is 0 Å². The van der Waals surface area contributed by atoms with Gasteiger partial charge in [0.05, 0.1) is 37.7 Å². The van der Waals surface area contributed by atoms with E-state index < -0.39 is 130 Å². The molecule has 58 heavy (non-hydrogen) atoms. The Bertz CT molecular complexity index is 1830. The van der Waals surface area contributed by atoms with E-state index in [9.17, 15) is 55.9 Å². The van der Waals surface area contributed by atoms with Gasteiger partial charge in [-0.15, -0.1) is 6.58 Å². The molecular weight excluding hydrogens is 772 g/mol. The Morgan fingerprint density at radius 3 is 2.12 bits per heavy atom. The first kappa shape index (κ1) is 41.6. The number of aromatic amines is 1. The maximum Gasteiger partial charge on any atom is 0.253 e. The second kappa shape index (κ2) is 16.7. The Hall–Kier alpha value is -3.13. The highest BCUT2D eigenvalue weighted by molar-refractivity contribution is 5.96. The van der Waals surface area contributed by atoms with Crippen molar-refractivity contribution in [3.8, 4) is 0 Å². The molecule has 0 radical (unpaired) electrons. The van der Waals surface area contributed by atoms with Crippen molar-refractivity contribution in [2.75, 3.05) is 26.4 Å². The van der Waals surface area contributed by atoms with E-state index in [1.807, 2.05) is 29.2 Å². The molecule has 0 spiro atoms. The van der Waals surface area contributed by atoms with Gasteiger partial charge in [0, 0.05) is 35.0 Å². The third-order valence-electron chi connectivity index (χ3n) is 12.2. The molecule has 0 bridgehead atoms. The largest absolute Gasteiger partial charge is 0.471 e. The van der Waals surface area contributed by atoms with E-state index in [2.05, 4.69) is 11.6 Å². The average Bonchev–Trinajstić information content (AvgIpc) is 3.62. The van der Waals surface area contributed by atoms with Crippen LogP contribution in [0.25, 0.3) is 10.9 Å². The number of ether oxygens (including phenoxy) is 7. The molecule has 6 aliphatic heterocycles. The highest BCUT2D eigenvalue weighted by atomic mass is 16.8. The first-order chi connectivity index (χ1) is 27.9. The molecule has 4 fully saturated rings. The van der Waals surface area contributed by atoms with Crippen molar-refractivity contribution in [1.29, 1.82) is 0 Å². The third-order valence-corrected chi connectivity index (χ3v) is 12.2. The van der Waals surface area contributed by atoms with Crippen LogP contribution < -0.4 is 0 Å². The number of para-hydroxylation sites is 1. The molecule has 1 aromatic heterocycles. The number of aliphatic hydroxyl groups is 10. The molecular formula is C38H50N2O18. The van der Waals surface area contributed by atoms with Gasteiger partial charge in [-0.2, -0.15) is 0 Å². The Labute approximate surface area is 331 Å². The van der Waals surface area contributed by atoms with Crippen molar-refractivity contribution in [1.82, 2.24) is 9.88 Å². The summed E-state index contributed by atoms with van der Waals surface area (Å²) >= 11 is 0. The lowest BCUT2D eigenvalue weighted by molar-refractivity contribution is -0.386. The zero-order valence-corrected chi connectivity index (χ0v) is 31.1. The van der Waals surface area contributed by atoms with Gasteiger partial charge < -0.3 is 94.1 Å². The summed E-state index contributed by atoms with van der Waals surface area (Å²) in [6.45, 7) is 2.38. The molecule has 11 N–H and O–H groups in total. The monoisotopic (exact) mass is 822 g/mol. The van der Waals surface area contributed by atoms with Crippen molar-refractivity contribution < 1.29 is 89.0 Å². The molecule has 19 atom stereocenters. The van der Waals surface area contributed by atoms with Gasteiger partial charge in [-0.3, -0.25) is 4.79 Å². The third kappa shape index (κ3) is 7.17. The smallest absolute Gasteiger partial charge is 0.253 e. The van der Waals surface area contributed by atoms with Gasteiger partial charge in [0.2, 0.25) is 6.29 Å². The fourth-order valence-corrected chi connectivity index (χ4v) is 8.98. The maximum absolute atomic E-state index is 13.9. The highest BCUT2D eigenvalue weighted by Crippen LogP contribution is 2.48. The van der Waals surface area contributed by atoms with Crippen LogP contribution in [0.15, 0.2) is 48.8 Å². The summed E-state index contributed by atoms with van der Waals surface area (Å²) in [5.41, 5.74) is 3.49. The molecule has 4 saturated heterocycles. The number of nitrogens with one attached hydrogen (secondary N) is 1. The number of aliphatic hydroxyl groups excluding tert-OH is 10. The number of amides is 1. The summed E-state index contributed by atoms with van der Waals surface area (Å²) in [6, 6.07) is 7.67. The Morgan fingerprint density at radius 2 is 1.41 bits per heavy atom. The van der Waals surface area contributed by atoms with Crippen LogP contribution in [-0.4, -0.2) is 192 Å². The summed E-state index contributed by atoms with van der Waals surface area (Å²) < 4.78 is 40.7. The predicted octanol–water partition coefficient (Wildman–Crippen LogP) is -3.88. The average molecular weight is 823 g/mol. The van der Waals surface area contributed by atoms with Crippen LogP contribution in [0.5, 0.6) is 0 Å². The van der Waals surface area contributed by atoms with Crippen molar-refractivity contribution in [2.45, 2.75) is 117 Å². The number of carbonyl (C=O) groups is 1. The minimum atomic E-state index is -1.96. The van der Waals surface area contributed by atoms with Gasteiger partial charge in [0.1, 0.15) is 73.2 Å². The lowest BCUT2D eigenvalue weighted by atomic mass is 9.74. The number of rotatable bonds is 10. The Kier molecular flexibility index (Phi) is 12.0. The van der Waals surface area contributed by atoms with E-state index >= 15 is 0 Å². The van der Waals surface area contributed by atoms with Crippen LogP contribution in [0, 0.1) is 11.8 Å². The number of fused-ring (bicyclic) bond motifs is 6. The molecule has 1 aromatic carbocycles. The molecule has 0 aliphatic carbocycles. The van der Waals surface area contributed by atoms with E-state index in [0.717, 1.165) is 22.2 Å². The van der Waals surface area contributed by atoms with E-state index in [1.54, 1.807) is 6.08 Å². The van der Waals surface area contributed by atoms with Gasteiger partial charge in [0.15, 0.2) is 18.9 Å². The fraction of sp³-hybridized carbons (Fsp3) is 0.658. The second-order valence-corrected chi connectivity index (χ2v) is 15.5. The lowest BCUT2D eigenvalue weighted by Crippen LogP contribution is -2.65. The molecule has 320 valence electrons. The number of benzene rings is 1. The van der Waals surface area contributed by atoms with Crippen molar-refractivity contribution in [2.24, 2.45) is 11.8 Å². The van der Waals surface area contributed by atoms with Crippen LogP contribution >= 0.6 is 0 Å². The first-order valence-electron chi connectivity index (χ1n) is 19.3. The molecule has 0 unspecified atom stereocenters. The summed E-state index contributed by atoms with van der Waals surface area (Å²) in [4.78, 5) is 19.3. The summed E-state index contributed by atoms with van der Waals surface area (Å²) in [6.07, 6.45) is -22.7. The second-order valence-electron chi connectivity index (χ2n) is 15.5. The van der Waals surface area contributed by atoms with E-state index in [4.69, 9.17) is 33.2 Å². The van der Waals surface area contributed by atoms with Crippen molar-refractivity contribution in [3.63, 3.8) is 0 Å². The quantitative estimate of drug-likeness (QED) is 0.102. The summed E-state index contributed by atoms with van der Waals surface area (Å²) in [5, 5.41) is 106. The van der Waals surface area contributed by atoms with E-state index in [-0.39, 0.29) is 11.9 Å². The van der Waals surface area contributed by atoms with Crippen molar-refractivity contribution in [3.05, 3.63) is 60.0 Å². The minimum absolute atomic E-state index is 0.195. The molecule has 1 amide bonds. The van der Waals surface area contributed by atoms with E-state index in [0.29, 0.717) is 25.0 Å². The van der Waals surface area contributed by atoms with Crippen molar-refractivity contribution >= 4 is 16.8 Å². The van der Waals surface area contributed by atoms with Gasteiger partial charge in [-0.05, 0) is 24.5 Å². The number of nitrogens with zero attached hydrogens (tertiary/aromatic N) is 1. The highest BCUT2D eigenvalue weighted by Gasteiger charge is 2.54. The summed E-state index contributed by atoms with van der Waals surface area (Å²) in [5.74, 6) is -1.31. The molecule has 8 rings (SSSR count). The fourth-order valence-electron chi connectivity index (χ4n) is 8.98. The molecule has 20 nitrogen and oxygen atoms in total. The Balaban J connectivity index is 1.00. The van der Waals surface area contributed by atoms with Crippen LogP contribution in [0.4, 0.5) is 0 Å². The van der Waals surface area contributed by atoms with Gasteiger partial charge in [0.25, 0.3) is 5.91 Å². The lowest BCUT2D eigenvalue weighted by Gasteiger charge is -2.49. The zero-order chi connectivity index (χ0) is 41.2. The van der Waals surface area contributed by atoms with Crippen LogP contribution in [0.1, 0.15) is 23.7 Å². The zero-order valence-electron chi connectivity index (χ0n) is 31.1. The number of piperidine rings is 1. The van der Waals surface area contributed by atoms with Gasteiger partial charge in [-0.1, -0.05) is 24.3 Å². The molecule has 2 aromatic rings. The van der Waals surface area contributed by atoms with Crippen LogP contribution in [0.2, 0.25) is 0 Å². The van der Waals surface area contributed by atoms with E-state index in [1.165, 1.54) is 6.26 Å². The summed E-state index contributed by atoms with van der Waals surface area (Å²) in [7, 11) is 0. The molecule has 6 aliphatic rings. The first-order valence-corrected chi connectivity index (χ1v) is 19.3. The number of hydrogen-bond donors (Lipinski definition) is 11. The number of hydrogen-bond acceptors (Lipinski definition) is 18. The maximum atomic E-state index is 13.9. The predicted molar refractivity (Wildman–Crippen MR) is 191 cm³/mol. The number of aromatic nitrogens is 1. The van der Waals surface area contributed by atoms with Gasteiger partial charge >= 0.3 is 0 Å². The van der Waals surface area contributed by atoms with Crippen LogP contribution in [-0.2, 0) is 44.4 Å². The number of carbonyl (C=O) groups excluding carboxylic acids is 1. The normalized spacial score (nSPS) is 44.2. The van der Waals surface area contributed by atoms with Gasteiger partial charge in [-0.25, -0.2) is 0 Å². The SMILES string of the molecule is C=C[C@H]1[C@H](O[C@@H]2O[C@H](CO)[C@@H](O)[C@H](O)[C@H]2O[C@@H]2O[C@H](CO[C@@H]3O[C@H](CO)[C@@H](O)[C@H](O)[C@H]3O)[C@@H](O)[C@H](O)[C@H]2O)OC=C2C(=O)N3CCc4c([nH]c5ccccc45)[C@H]3C[C@H]21. The molecule has 0 saturated carbocycles. The number of H-pyrrole nitrogens is 1. The standard InChI is InChI=1S/C38H50N2O18/c1-2-14-17-9-20-24-16(15-5-3-4-6-19(15)39-24)7-8-40(20)34(51)18(17)12-52-35(14)58-38-33(30(48)26(44)22(11-42)55-38)57-37-32(50)29(47)27(45)23(56-37)13-53-36-31(49)28(46)25(43)21(10-41)54-36/h2-6,12,14,17,20-23,25-33,35-39,41-50H,1,7-11,13H2/t14-,17+,20-,21-,22-,23-,25-,26-,27-,28+,29+,30+,31-,32-,33-,35+,36-,37+,38+/m1/s1. The topological polar surface area (TPSA) is 303 Å².